The van der Waals surface area contributed by atoms with Gasteiger partial charge in [-0.2, -0.15) is 0 Å². The Labute approximate surface area is 166 Å². The summed E-state index contributed by atoms with van der Waals surface area (Å²) in [5, 5.41) is 7.79. The fourth-order valence-corrected chi connectivity index (χ4v) is 5.24. The molecule has 0 radical (unpaired) electrons. The highest BCUT2D eigenvalue weighted by Gasteiger charge is 2.52. The number of hydrogen-bond donors (Lipinski definition) is 2. The number of amides is 4. The second kappa shape index (κ2) is 6.58. The van der Waals surface area contributed by atoms with Gasteiger partial charge in [0, 0.05) is 25.0 Å². The monoisotopic (exact) mass is 402 g/mol. The number of likely N-dealkylation sites (tertiary alicyclic amines) is 1. The summed E-state index contributed by atoms with van der Waals surface area (Å²) in [6.45, 7) is 0.762. The van der Waals surface area contributed by atoms with E-state index in [4.69, 9.17) is 0 Å². The summed E-state index contributed by atoms with van der Waals surface area (Å²) in [7, 11) is 0. The van der Waals surface area contributed by atoms with Crippen molar-refractivity contribution in [1.82, 2.24) is 20.4 Å². The van der Waals surface area contributed by atoms with E-state index in [9.17, 15) is 19.2 Å². The van der Waals surface area contributed by atoms with Gasteiger partial charge in [-0.1, -0.05) is 6.07 Å². The van der Waals surface area contributed by atoms with Gasteiger partial charge in [-0.15, -0.1) is 11.3 Å². The molecule has 4 fully saturated rings. The van der Waals surface area contributed by atoms with E-state index in [0.717, 1.165) is 12.8 Å². The summed E-state index contributed by atoms with van der Waals surface area (Å²) >= 11 is 1.35. The summed E-state index contributed by atoms with van der Waals surface area (Å²) < 4.78 is 0. The zero-order chi connectivity index (χ0) is 19.4. The molecule has 0 bridgehead atoms. The van der Waals surface area contributed by atoms with Crippen LogP contribution in [0.4, 0.5) is 0 Å². The van der Waals surface area contributed by atoms with Gasteiger partial charge in [0.25, 0.3) is 5.91 Å². The first-order valence-corrected chi connectivity index (χ1v) is 10.7. The predicted octanol–water partition coefficient (Wildman–Crippen LogP) is -0.0433. The third-order valence-corrected chi connectivity index (χ3v) is 7.01. The molecular weight excluding hydrogens is 380 g/mol. The lowest BCUT2D eigenvalue weighted by Gasteiger charge is -2.29. The third-order valence-electron chi connectivity index (χ3n) is 6.15. The van der Waals surface area contributed by atoms with Crippen LogP contribution in [-0.4, -0.2) is 70.7 Å². The molecule has 28 heavy (non-hydrogen) atoms. The summed E-state index contributed by atoms with van der Waals surface area (Å²) in [4.78, 5) is 54.8. The van der Waals surface area contributed by atoms with Crippen LogP contribution >= 0.6 is 11.3 Å². The smallest absolute Gasteiger partial charge is 0.264 e. The van der Waals surface area contributed by atoms with E-state index in [1.807, 2.05) is 11.4 Å². The largest absolute Gasteiger partial charge is 0.351 e. The van der Waals surface area contributed by atoms with Crippen molar-refractivity contribution in [2.45, 2.75) is 49.9 Å². The fraction of sp³-hybridized carbons (Fsp3) is 0.579. The van der Waals surface area contributed by atoms with Gasteiger partial charge in [-0.25, -0.2) is 0 Å². The molecule has 0 spiro atoms. The molecule has 4 heterocycles. The van der Waals surface area contributed by atoms with Crippen molar-refractivity contribution in [2.75, 3.05) is 13.1 Å². The van der Waals surface area contributed by atoms with Crippen molar-refractivity contribution in [2.24, 2.45) is 5.92 Å². The molecule has 0 unspecified atom stereocenters. The summed E-state index contributed by atoms with van der Waals surface area (Å²) in [5.41, 5.74) is 0. The molecule has 1 saturated carbocycles. The highest BCUT2D eigenvalue weighted by atomic mass is 32.1. The molecule has 3 aliphatic heterocycles. The van der Waals surface area contributed by atoms with E-state index in [2.05, 4.69) is 10.6 Å². The van der Waals surface area contributed by atoms with E-state index in [0.29, 0.717) is 30.8 Å². The number of thiophene rings is 1. The van der Waals surface area contributed by atoms with Gasteiger partial charge in [0.1, 0.15) is 12.1 Å². The Balaban J connectivity index is 1.36. The quantitative estimate of drug-likeness (QED) is 0.741. The van der Waals surface area contributed by atoms with E-state index < -0.39 is 12.1 Å². The molecule has 2 N–H and O–H groups in total. The second-order valence-corrected chi connectivity index (χ2v) is 8.99. The van der Waals surface area contributed by atoms with Gasteiger partial charge in [0.2, 0.25) is 17.7 Å². The number of rotatable bonds is 3. The SMILES string of the molecule is O=C(N[C@H]1C[C@@H]2C(=O)N[C@H]3CCN(C(=O)c4cccs4)[C@@H]3C(=O)N2C1)C1CC1. The molecule has 4 aliphatic rings. The van der Waals surface area contributed by atoms with Gasteiger partial charge < -0.3 is 20.4 Å². The van der Waals surface area contributed by atoms with Gasteiger partial charge in [-0.05, 0) is 37.1 Å². The number of carbonyl (C=O) groups excluding carboxylic acids is 4. The van der Waals surface area contributed by atoms with Crippen molar-refractivity contribution in [1.29, 1.82) is 0 Å². The second-order valence-electron chi connectivity index (χ2n) is 8.05. The van der Waals surface area contributed by atoms with Gasteiger partial charge in [0.05, 0.1) is 10.9 Å². The summed E-state index contributed by atoms with van der Waals surface area (Å²) in [5.74, 6) is -0.443. The summed E-state index contributed by atoms with van der Waals surface area (Å²) in [6.07, 6.45) is 2.82. The first-order valence-electron chi connectivity index (χ1n) is 9.78. The minimum absolute atomic E-state index is 0.0174. The van der Waals surface area contributed by atoms with Crippen molar-refractivity contribution >= 4 is 35.0 Å². The molecule has 4 atom stereocenters. The number of carbonyl (C=O) groups is 4. The van der Waals surface area contributed by atoms with Gasteiger partial charge >= 0.3 is 0 Å². The molecular formula is C19H22N4O4S. The third kappa shape index (κ3) is 2.88. The van der Waals surface area contributed by atoms with Crippen LogP contribution in [0.3, 0.4) is 0 Å². The number of fused-ring (bicyclic) bond motifs is 2. The molecule has 1 aromatic heterocycles. The molecule has 1 aromatic rings. The first kappa shape index (κ1) is 17.7. The van der Waals surface area contributed by atoms with Crippen molar-refractivity contribution in [3.8, 4) is 0 Å². The lowest BCUT2D eigenvalue weighted by Crippen LogP contribution is -2.52. The van der Waals surface area contributed by atoms with Gasteiger partial charge in [-0.3, -0.25) is 19.2 Å². The van der Waals surface area contributed by atoms with Crippen LogP contribution < -0.4 is 10.6 Å². The topological polar surface area (TPSA) is 98.8 Å². The Kier molecular flexibility index (Phi) is 4.15. The van der Waals surface area contributed by atoms with Crippen LogP contribution in [0.2, 0.25) is 0 Å². The molecule has 4 amide bonds. The highest BCUT2D eigenvalue weighted by molar-refractivity contribution is 7.12. The fourth-order valence-electron chi connectivity index (χ4n) is 4.56. The van der Waals surface area contributed by atoms with Gasteiger partial charge in [0.15, 0.2) is 0 Å². The van der Waals surface area contributed by atoms with Crippen LogP contribution in [0.1, 0.15) is 35.4 Å². The highest BCUT2D eigenvalue weighted by Crippen LogP contribution is 2.32. The molecule has 5 rings (SSSR count). The molecule has 9 heteroatoms. The standard InChI is InChI=1S/C19H22N4O4S/c24-16(10-3-4-10)20-11-8-13-17(25)21-12-5-6-22(15(12)19(27)23(13)9-11)18(26)14-2-1-7-28-14/h1-2,7,10-13,15H,3-6,8-9H2,(H,20,24)(H,21,25)/t11-,12-,13+,15-/m0/s1. The minimum atomic E-state index is -0.679. The Morgan fingerprint density at radius 2 is 2.04 bits per heavy atom. The van der Waals surface area contributed by atoms with Crippen LogP contribution in [-0.2, 0) is 14.4 Å². The molecule has 8 nitrogen and oxygen atoms in total. The average molecular weight is 402 g/mol. The molecule has 3 saturated heterocycles. The van der Waals surface area contributed by atoms with E-state index >= 15 is 0 Å². The van der Waals surface area contributed by atoms with Crippen LogP contribution in [0, 0.1) is 5.92 Å². The Morgan fingerprint density at radius 3 is 2.75 bits per heavy atom. The van der Waals surface area contributed by atoms with E-state index in [-0.39, 0.29) is 41.6 Å². The van der Waals surface area contributed by atoms with Crippen LogP contribution in [0.15, 0.2) is 17.5 Å². The lowest BCUT2D eigenvalue weighted by atomic mass is 10.1. The Morgan fingerprint density at radius 1 is 1.21 bits per heavy atom. The lowest BCUT2D eigenvalue weighted by molar-refractivity contribution is -0.138. The molecule has 0 aromatic carbocycles. The molecule has 1 aliphatic carbocycles. The zero-order valence-electron chi connectivity index (χ0n) is 15.3. The minimum Gasteiger partial charge on any atom is -0.351 e. The predicted molar refractivity (Wildman–Crippen MR) is 100 cm³/mol. The van der Waals surface area contributed by atoms with Crippen LogP contribution in [0.25, 0.3) is 0 Å². The first-order chi connectivity index (χ1) is 13.5. The molecule has 148 valence electrons. The Hall–Kier alpha value is -2.42. The van der Waals surface area contributed by atoms with Crippen LogP contribution in [0.5, 0.6) is 0 Å². The van der Waals surface area contributed by atoms with Crippen molar-refractivity contribution < 1.29 is 19.2 Å². The Bertz CT molecular complexity index is 837. The van der Waals surface area contributed by atoms with Crippen molar-refractivity contribution in [3.05, 3.63) is 22.4 Å². The number of nitrogens with one attached hydrogen (secondary N) is 2. The van der Waals surface area contributed by atoms with E-state index in [1.54, 1.807) is 15.9 Å². The normalized spacial score (nSPS) is 31.9. The number of hydrogen-bond acceptors (Lipinski definition) is 5. The zero-order valence-corrected chi connectivity index (χ0v) is 16.1. The maximum absolute atomic E-state index is 13.3. The summed E-state index contributed by atoms with van der Waals surface area (Å²) in [6, 6.07) is 1.73. The number of nitrogens with zero attached hydrogens (tertiary/aromatic N) is 2. The average Bonchev–Trinajstić information content (AvgIpc) is 3.09. The maximum Gasteiger partial charge on any atom is 0.264 e. The maximum atomic E-state index is 13.3. The van der Waals surface area contributed by atoms with Crippen molar-refractivity contribution in [3.63, 3.8) is 0 Å². The van der Waals surface area contributed by atoms with E-state index in [1.165, 1.54) is 11.3 Å².